The molecule has 29 heavy (non-hydrogen) atoms. The van der Waals surface area contributed by atoms with E-state index in [1.165, 1.54) is 23.0 Å². The summed E-state index contributed by atoms with van der Waals surface area (Å²) in [5.41, 5.74) is 3.35. The van der Waals surface area contributed by atoms with Gasteiger partial charge in [0.15, 0.2) is 5.13 Å². The van der Waals surface area contributed by atoms with Gasteiger partial charge in [-0.2, -0.15) is 5.26 Å². The maximum Gasteiger partial charge on any atom is 0.349 e. The maximum atomic E-state index is 12.2. The lowest BCUT2D eigenvalue weighted by Crippen LogP contribution is -2.07. The molecule has 2 aromatic carbocycles. The molecule has 0 spiro atoms. The van der Waals surface area contributed by atoms with Crippen molar-refractivity contribution in [1.29, 1.82) is 5.26 Å². The van der Waals surface area contributed by atoms with Crippen LogP contribution in [-0.2, 0) is 16.1 Å². The van der Waals surface area contributed by atoms with E-state index in [0.717, 1.165) is 5.69 Å². The fraction of sp³-hybridized carbons (Fsp3) is 0.136. The predicted molar refractivity (Wildman–Crippen MR) is 113 cm³/mol. The molecular formula is C22H19N3O3S. The van der Waals surface area contributed by atoms with Crippen LogP contribution in [0, 0.1) is 18.3 Å². The summed E-state index contributed by atoms with van der Waals surface area (Å²) >= 11 is 1.42. The second-order valence-electron chi connectivity index (χ2n) is 6.15. The largest absolute Gasteiger partial charge is 0.497 e. The van der Waals surface area contributed by atoms with Crippen molar-refractivity contribution < 1.29 is 14.3 Å². The lowest BCUT2D eigenvalue weighted by atomic mass is 10.1. The van der Waals surface area contributed by atoms with E-state index in [-0.39, 0.29) is 12.2 Å². The van der Waals surface area contributed by atoms with Crippen LogP contribution in [0.5, 0.6) is 5.75 Å². The maximum absolute atomic E-state index is 12.2. The number of nitriles is 1. The number of benzene rings is 2. The number of methoxy groups -OCH3 is 1. The van der Waals surface area contributed by atoms with Gasteiger partial charge in [-0.25, -0.2) is 9.78 Å². The van der Waals surface area contributed by atoms with E-state index in [1.807, 2.05) is 42.6 Å². The van der Waals surface area contributed by atoms with E-state index in [0.29, 0.717) is 22.1 Å². The third-order valence-electron chi connectivity index (χ3n) is 3.97. The molecule has 0 saturated heterocycles. The fourth-order valence-corrected chi connectivity index (χ4v) is 3.13. The van der Waals surface area contributed by atoms with Gasteiger partial charge in [0, 0.05) is 11.1 Å². The number of nitrogens with one attached hydrogen (secondary N) is 1. The summed E-state index contributed by atoms with van der Waals surface area (Å²) in [6.07, 6.45) is 1.48. The Hall–Kier alpha value is -3.63. The number of nitrogens with zero attached hydrogens (tertiary/aromatic N) is 2. The van der Waals surface area contributed by atoms with Crippen LogP contribution in [0.4, 0.5) is 10.8 Å². The molecular weight excluding hydrogens is 386 g/mol. The zero-order chi connectivity index (χ0) is 20.6. The minimum atomic E-state index is -0.690. The van der Waals surface area contributed by atoms with Crippen LogP contribution in [0.3, 0.4) is 0 Å². The van der Waals surface area contributed by atoms with Crippen LogP contribution in [0.1, 0.15) is 16.8 Å². The number of aromatic nitrogens is 1. The van der Waals surface area contributed by atoms with Gasteiger partial charge in [-0.15, -0.1) is 11.3 Å². The summed E-state index contributed by atoms with van der Waals surface area (Å²) in [6.45, 7) is 2.02. The van der Waals surface area contributed by atoms with Gasteiger partial charge in [-0.1, -0.05) is 29.8 Å². The first-order valence-electron chi connectivity index (χ1n) is 8.78. The predicted octanol–water partition coefficient (Wildman–Crippen LogP) is 4.85. The monoisotopic (exact) mass is 405 g/mol. The zero-order valence-electron chi connectivity index (χ0n) is 16.0. The van der Waals surface area contributed by atoms with Crippen molar-refractivity contribution in [1.82, 2.24) is 4.98 Å². The van der Waals surface area contributed by atoms with Gasteiger partial charge in [-0.3, -0.25) is 0 Å². The Morgan fingerprint density at radius 1 is 1.21 bits per heavy atom. The van der Waals surface area contributed by atoms with Gasteiger partial charge in [0.05, 0.1) is 12.8 Å². The van der Waals surface area contributed by atoms with Crippen molar-refractivity contribution in [2.75, 3.05) is 12.4 Å². The lowest BCUT2D eigenvalue weighted by molar-refractivity contribution is -0.139. The molecule has 1 N–H and O–H groups in total. The quantitative estimate of drug-likeness (QED) is 0.343. The summed E-state index contributed by atoms with van der Waals surface area (Å²) in [4.78, 5) is 16.6. The number of ether oxygens (including phenoxy) is 2. The molecule has 0 atom stereocenters. The van der Waals surface area contributed by atoms with Crippen LogP contribution in [-0.4, -0.2) is 18.1 Å². The summed E-state index contributed by atoms with van der Waals surface area (Å²) < 4.78 is 10.3. The number of anilines is 2. The number of hydrogen-bond acceptors (Lipinski definition) is 7. The number of rotatable bonds is 7. The van der Waals surface area contributed by atoms with E-state index in [4.69, 9.17) is 9.47 Å². The Labute approximate surface area is 173 Å². The molecule has 3 rings (SSSR count). The SMILES string of the molecule is COc1ccc(/C=C(\C#N)C(=O)OCc2csc(Nc3ccc(C)cc3)n2)cc1. The molecule has 1 aromatic heterocycles. The van der Waals surface area contributed by atoms with E-state index >= 15 is 0 Å². The Kier molecular flexibility index (Phi) is 6.61. The molecule has 6 nitrogen and oxygen atoms in total. The number of carbonyl (C=O) groups is 1. The van der Waals surface area contributed by atoms with Gasteiger partial charge in [0.2, 0.25) is 0 Å². The second kappa shape index (κ2) is 9.53. The van der Waals surface area contributed by atoms with E-state index < -0.39 is 5.97 Å². The molecule has 146 valence electrons. The minimum Gasteiger partial charge on any atom is -0.497 e. The molecule has 0 amide bonds. The lowest BCUT2D eigenvalue weighted by Gasteiger charge is -2.03. The van der Waals surface area contributed by atoms with Crippen LogP contribution in [0.25, 0.3) is 6.08 Å². The van der Waals surface area contributed by atoms with Crippen molar-refractivity contribution in [3.63, 3.8) is 0 Å². The first-order chi connectivity index (χ1) is 14.1. The van der Waals surface area contributed by atoms with Gasteiger partial charge in [0.25, 0.3) is 0 Å². The van der Waals surface area contributed by atoms with Crippen LogP contribution in [0.15, 0.2) is 59.5 Å². The van der Waals surface area contributed by atoms with E-state index in [9.17, 15) is 10.1 Å². The van der Waals surface area contributed by atoms with Gasteiger partial charge < -0.3 is 14.8 Å². The first kappa shape index (κ1) is 20.1. The van der Waals surface area contributed by atoms with Crippen LogP contribution < -0.4 is 10.1 Å². The van der Waals surface area contributed by atoms with Crippen molar-refractivity contribution in [2.24, 2.45) is 0 Å². The Balaban J connectivity index is 1.59. The summed E-state index contributed by atoms with van der Waals surface area (Å²) in [5.74, 6) is 0.00572. The van der Waals surface area contributed by atoms with E-state index in [2.05, 4.69) is 10.3 Å². The number of hydrogen-bond donors (Lipinski definition) is 1. The minimum absolute atomic E-state index is 0.00740. The molecule has 3 aromatic rings. The Morgan fingerprint density at radius 2 is 1.93 bits per heavy atom. The molecule has 0 aliphatic rings. The average Bonchev–Trinajstić information content (AvgIpc) is 3.19. The Morgan fingerprint density at radius 3 is 2.59 bits per heavy atom. The topological polar surface area (TPSA) is 84.2 Å². The third-order valence-corrected chi connectivity index (χ3v) is 4.78. The zero-order valence-corrected chi connectivity index (χ0v) is 16.8. The highest BCUT2D eigenvalue weighted by Crippen LogP contribution is 2.22. The number of thiazole rings is 1. The number of carbonyl (C=O) groups excluding carboxylic acids is 1. The van der Waals surface area contributed by atoms with Gasteiger partial charge in [0.1, 0.15) is 24.0 Å². The average molecular weight is 405 g/mol. The van der Waals surface area contributed by atoms with Crippen molar-refractivity contribution in [2.45, 2.75) is 13.5 Å². The van der Waals surface area contributed by atoms with E-state index in [1.54, 1.807) is 31.4 Å². The molecule has 1 heterocycles. The van der Waals surface area contributed by atoms with Crippen molar-refractivity contribution >= 4 is 34.2 Å². The fourth-order valence-electron chi connectivity index (χ4n) is 2.41. The molecule has 0 saturated carbocycles. The van der Waals surface area contributed by atoms with Gasteiger partial charge in [-0.05, 0) is 42.8 Å². The van der Waals surface area contributed by atoms with Crippen LogP contribution >= 0.6 is 11.3 Å². The molecule has 0 aliphatic heterocycles. The summed E-state index contributed by atoms with van der Waals surface area (Å²) in [5, 5.41) is 15.0. The molecule has 7 heteroatoms. The van der Waals surface area contributed by atoms with Gasteiger partial charge >= 0.3 is 5.97 Å². The summed E-state index contributed by atoms with van der Waals surface area (Å²) in [7, 11) is 1.57. The van der Waals surface area contributed by atoms with Crippen molar-refractivity contribution in [3.8, 4) is 11.8 Å². The highest BCUT2D eigenvalue weighted by Gasteiger charge is 2.12. The molecule has 0 fully saturated rings. The normalized spacial score (nSPS) is 10.9. The van der Waals surface area contributed by atoms with Crippen molar-refractivity contribution in [3.05, 3.63) is 76.3 Å². The molecule has 0 aliphatic carbocycles. The highest BCUT2D eigenvalue weighted by molar-refractivity contribution is 7.13. The number of esters is 1. The second-order valence-corrected chi connectivity index (χ2v) is 7.01. The van der Waals surface area contributed by atoms with Crippen LogP contribution in [0.2, 0.25) is 0 Å². The molecule has 0 radical (unpaired) electrons. The standard InChI is InChI=1S/C22H19N3O3S/c1-15-3-7-18(8-4-15)24-22-25-19(14-29-22)13-28-21(26)17(12-23)11-16-5-9-20(27-2)10-6-16/h3-11,14H,13H2,1-2H3,(H,24,25)/b17-11+. The third kappa shape index (κ3) is 5.67. The number of aryl methyl sites for hydroxylation is 1. The molecule has 0 unspecified atom stereocenters. The highest BCUT2D eigenvalue weighted by atomic mass is 32.1. The molecule has 0 bridgehead atoms. The first-order valence-corrected chi connectivity index (χ1v) is 9.66. The Bertz CT molecular complexity index is 1050. The smallest absolute Gasteiger partial charge is 0.349 e. The summed E-state index contributed by atoms with van der Waals surface area (Å²) in [6, 6.07) is 16.9.